The maximum absolute atomic E-state index is 12.5. The van der Waals surface area contributed by atoms with Crippen LogP contribution in [0.5, 0.6) is 0 Å². The highest BCUT2D eigenvalue weighted by atomic mass is 16.1. The number of Topliss-reactive ketones (excluding diaryl/α,β-unsaturated/α-hetero) is 1. The highest BCUT2D eigenvalue weighted by Gasteiger charge is 2.34. The first-order valence-electron chi connectivity index (χ1n) is 7.25. The van der Waals surface area contributed by atoms with E-state index in [2.05, 4.69) is 28.9 Å². The number of hydrogen-bond acceptors (Lipinski definition) is 3. The number of carbonyl (C=O) groups excluding carboxylic acids is 1. The smallest absolute Gasteiger partial charge is 0.167 e. The molecule has 4 heteroatoms. The van der Waals surface area contributed by atoms with Gasteiger partial charge in [0.1, 0.15) is 5.69 Å². The lowest BCUT2D eigenvalue weighted by molar-refractivity contribution is 0.0912. The van der Waals surface area contributed by atoms with E-state index in [9.17, 15) is 4.79 Å². The van der Waals surface area contributed by atoms with E-state index in [1.165, 1.54) is 0 Å². The standard InChI is InChI=1S/C17H21N3O/c1-17(2)9-13-15(14(21)10-17)16(19-18-13)11-5-7-12(8-6-11)20(3)4/h5-8H,9-10H2,1-4H3,(H,18,19). The van der Waals surface area contributed by atoms with E-state index in [4.69, 9.17) is 0 Å². The highest BCUT2D eigenvalue weighted by molar-refractivity contribution is 6.03. The summed E-state index contributed by atoms with van der Waals surface area (Å²) in [5.74, 6) is 0.196. The molecule has 3 rings (SSSR count). The number of aromatic nitrogens is 2. The Morgan fingerprint density at radius 2 is 1.81 bits per heavy atom. The van der Waals surface area contributed by atoms with Crippen LogP contribution in [-0.4, -0.2) is 30.1 Å². The molecule has 110 valence electrons. The van der Waals surface area contributed by atoms with Gasteiger partial charge in [-0.3, -0.25) is 9.89 Å². The van der Waals surface area contributed by atoms with E-state index in [-0.39, 0.29) is 11.2 Å². The molecule has 1 aliphatic rings. The number of aromatic amines is 1. The number of nitrogens with zero attached hydrogens (tertiary/aromatic N) is 2. The topological polar surface area (TPSA) is 49.0 Å². The van der Waals surface area contributed by atoms with Gasteiger partial charge in [-0.05, 0) is 24.0 Å². The van der Waals surface area contributed by atoms with E-state index in [0.717, 1.165) is 34.6 Å². The first kappa shape index (κ1) is 13.9. The Hall–Kier alpha value is -2.10. The molecule has 0 fully saturated rings. The van der Waals surface area contributed by atoms with Crippen molar-refractivity contribution in [2.45, 2.75) is 26.7 Å². The minimum Gasteiger partial charge on any atom is -0.378 e. The minimum absolute atomic E-state index is 0.0165. The van der Waals surface area contributed by atoms with Gasteiger partial charge in [0.2, 0.25) is 0 Å². The van der Waals surface area contributed by atoms with Crippen LogP contribution in [0.2, 0.25) is 0 Å². The fourth-order valence-electron chi connectivity index (χ4n) is 3.00. The van der Waals surface area contributed by atoms with Crippen molar-refractivity contribution in [2.24, 2.45) is 5.41 Å². The summed E-state index contributed by atoms with van der Waals surface area (Å²) in [5.41, 5.74) is 4.69. The van der Waals surface area contributed by atoms with Gasteiger partial charge < -0.3 is 4.90 Å². The van der Waals surface area contributed by atoms with Crippen LogP contribution in [0.15, 0.2) is 24.3 Å². The van der Waals surface area contributed by atoms with Gasteiger partial charge in [0.15, 0.2) is 5.78 Å². The molecule has 0 spiro atoms. The number of nitrogens with one attached hydrogen (secondary N) is 1. The van der Waals surface area contributed by atoms with E-state index in [0.29, 0.717) is 6.42 Å². The Morgan fingerprint density at radius 1 is 1.14 bits per heavy atom. The number of H-pyrrole nitrogens is 1. The summed E-state index contributed by atoms with van der Waals surface area (Å²) in [7, 11) is 4.02. The van der Waals surface area contributed by atoms with Gasteiger partial charge in [0.25, 0.3) is 0 Å². The average molecular weight is 283 g/mol. The average Bonchev–Trinajstić information content (AvgIpc) is 2.81. The van der Waals surface area contributed by atoms with Crippen molar-refractivity contribution < 1.29 is 4.79 Å². The van der Waals surface area contributed by atoms with Gasteiger partial charge >= 0.3 is 0 Å². The third-order valence-corrected chi connectivity index (χ3v) is 4.07. The predicted octanol–water partition coefficient (Wildman–Crippen LogP) is 3.30. The molecule has 0 atom stereocenters. The maximum Gasteiger partial charge on any atom is 0.167 e. The lowest BCUT2D eigenvalue weighted by atomic mass is 9.75. The first-order valence-corrected chi connectivity index (χ1v) is 7.25. The van der Waals surface area contributed by atoms with Crippen LogP contribution in [-0.2, 0) is 6.42 Å². The van der Waals surface area contributed by atoms with Crippen molar-refractivity contribution in [2.75, 3.05) is 19.0 Å². The monoisotopic (exact) mass is 283 g/mol. The third-order valence-electron chi connectivity index (χ3n) is 4.07. The number of rotatable bonds is 2. The van der Waals surface area contributed by atoms with Crippen molar-refractivity contribution in [3.8, 4) is 11.3 Å². The molecule has 1 aromatic heterocycles. The largest absolute Gasteiger partial charge is 0.378 e. The zero-order chi connectivity index (χ0) is 15.2. The number of ketones is 1. The number of hydrogen-bond donors (Lipinski definition) is 1. The van der Waals surface area contributed by atoms with Crippen LogP contribution in [0.3, 0.4) is 0 Å². The molecule has 1 aromatic carbocycles. The molecule has 1 N–H and O–H groups in total. The normalized spacial score (nSPS) is 16.7. The number of carbonyl (C=O) groups is 1. The van der Waals surface area contributed by atoms with Crippen molar-refractivity contribution >= 4 is 11.5 Å². The van der Waals surface area contributed by atoms with Crippen molar-refractivity contribution in [1.82, 2.24) is 10.2 Å². The quantitative estimate of drug-likeness (QED) is 0.920. The minimum atomic E-state index is 0.0165. The van der Waals surface area contributed by atoms with Crippen molar-refractivity contribution in [1.29, 1.82) is 0 Å². The second-order valence-electron chi connectivity index (χ2n) is 6.81. The lowest BCUT2D eigenvalue weighted by Gasteiger charge is -2.27. The SMILES string of the molecule is CN(C)c1ccc(-c2n[nH]c3c2C(=O)CC(C)(C)C3)cc1. The summed E-state index contributed by atoms with van der Waals surface area (Å²) in [4.78, 5) is 14.5. The molecule has 0 aliphatic heterocycles. The van der Waals surface area contributed by atoms with Gasteiger partial charge in [-0.25, -0.2) is 0 Å². The van der Waals surface area contributed by atoms with Gasteiger partial charge in [-0.15, -0.1) is 0 Å². The van der Waals surface area contributed by atoms with Crippen LogP contribution in [0.25, 0.3) is 11.3 Å². The fourth-order valence-corrected chi connectivity index (χ4v) is 3.00. The Labute approximate surface area is 125 Å². The molecule has 0 unspecified atom stereocenters. The molecular formula is C17H21N3O. The van der Waals surface area contributed by atoms with Crippen LogP contribution in [0.1, 0.15) is 36.3 Å². The first-order chi connectivity index (χ1) is 9.87. The summed E-state index contributed by atoms with van der Waals surface area (Å²) < 4.78 is 0. The zero-order valence-electron chi connectivity index (χ0n) is 13.0. The summed E-state index contributed by atoms with van der Waals surface area (Å²) in [6.45, 7) is 4.25. The summed E-state index contributed by atoms with van der Waals surface area (Å²) in [6, 6.07) is 8.15. The summed E-state index contributed by atoms with van der Waals surface area (Å²) in [5, 5.41) is 7.47. The van der Waals surface area contributed by atoms with Crippen LogP contribution >= 0.6 is 0 Å². The molecular weight excluding hydrogens is 262 g/mol. The lowest BCUT2D eigenvalue weighted by Crippen LogP contribution is -2.26. The van der Waals surface area contributed by atoms with Gasteiger partial charge in [0, 0.05) is 37.5 Å². The number of benzene rings is 1. The van der Waals surface area contributed by atoms with Crippen molar-refractivity contribution in [3.63, 3.8) is 0 Å². The Kier molecular flexibility index (Phi) is 3.12. The Balaban J connectivity index is 2.02. The van der Waals surface area contributed by atoms with Gasteiger partial charge in [-0.2, -0.15) is 5.10 Å². The molecule has 1 aliphatic carbocycles. The molecule has 0 amide bonds. The summed E-state index contributed by atoms with van der Waals surface area (Å²) in [6.07, 6.45) is 1.46. The maximum atomic E-state index is 12.5. The van der Waals surface area contributed by atoms with Crippen LogP contribution in [0, 0.1) is 5.41 Å². The molecule has 0 bridgehead atoms. The molecule has 2 aromatic rings. The molecule has 0 saturated carbocycles. The van der Waals surface area contributed by atoms with E-state index in [1.807, 2.05) is 38.4 Å². The zero-order valence-corrected chi connectivity index (χ0v) is 13.0. The Bertz CT molecular complexity index is 681. The fraction of sp³-hybridized carbons (Fsp3) is 0.412. The van der Waals surface area contributed by atoms with Crippen LogP contribution < -0.4 is 4.90 Å². The van der Waals surface area contributed by atoms with E-state index in [1.54, 1.807) is 0 Å². The Morgan fingerprint density at radius 3 is 2.43 bits per heavy atom. The number of fused-ring (bicyclic) bond motifs is 1. The third kappa shape index (κ3) is 2.46. The van der Waals surface area contributed by atoms with Crippen LogP contribution in [0.4, 0.5) is 5.69 Å². The highest BCUT2D eigenvalue weighted by Crippen LogP contribution is 2.37. The van der Waals surface area contributed by atoms with Crippen molar-refractivity contribution in [3.05, 3.63) is 35.5 Å². The molecule has 4 nitrogen and oxygen atoms in total. The van der Waals surface area contributed by atoms with Gasteiger partial charge in [-0.1, -0.05) is 26.0 Å². The summed E-state index contributed by atoms with van der Waals surface area (Å²) >= 11 is 0. The predicted molar refractivity (Wildman–Crippen MR) is 84.8 cm³/mol. The second-order valence-corrected chi connectivity index (χ2v) is 6.81. The van der Waals surface area contributed by atoms with Gasteiger partial charge in [0.05, 0.1) is 5.56 Å². The number of anilines is 1. The molecule has 21 heavy (non-hydrogen) atoms. The van der Waals surface area contributed by atoms with E-state index >= 15 is 0 Å². The second kappa shape index (κ2) is 4.72. The van der Waals surface area contributed by atoms with E-state index < -0.39 is 0 Å². The molecule has 0 radical (unpaired) electrons. The molecule has 1 heterocycles. The molecule has 0 saturated heterocycles.